The first-order chi connectivity index (χ1) is 13.5. The second kappa shape index (κ2) is 8.91. The lowest BCUT2D eigenvalue weighted by atomic mass is 10.2. The number of nitrogens with zero attached hydrogens (tertiary/aromatic N) is 4. The molecule has 0 unspecified atom stereocenters. The van der Waals surface area contributed by atoms with E-state index in [1.807, 2.05) is 24.0 Å². The molecule has 0 saturated carbocycles. The quantitative estimate of drug-likeness (QED) is 0.827. The maximum absolute atomic E-state index is 12.9. The highest BCUT2D eigenvalue weighted by Crippen LogP contribution is 2.21. The molecule has 0 spiro atoms. The van der Waals surface area contributed by atoms with E-state index in [1.165, 1.54) is 0 Å². The van der Waals surface area contributed by atoms with Gasteiger partial charge in [0.2, 0.25) is 5.95 Å². The van der Waals surface area contributed by atoms with Gasteiger partial charge in [-0.05, 0) is 43.2 Å². The van der Waals surface area contributed by atoms with Crippen LogP contribution in [0, 0.1) is 12.8 Å². The molecule has 1 fully saturated rings. The molecule has 7 nitrogen and oxygen atoms in total. The molecule has 1 aromatic heterocycles. The van der Waals surface area contributed by atoms with E-state index in [1.54, 1.807) is 13.2 Å². The van der Waals surface area contributed by atoms with Crippen molar-refractivity contribution in [2.75, 3.05) is 50.1 Å². The molecule has 7 heteroatoms. The van der Waals surface area contributed by atoms with Crippen LogP contribution >= 0.6 is 0 Å². The molecule has 3 rings (SSSR count). The number of hydrogen-bond acceptors (Lipinski definition) is 6. The minimum atomic E-state index is -0.0347. The van der Waals surface area contributed by atoms with Gasteiger partial charge in [-0.25, -0.2) is 9.97 Å². The number of ether oxygens (including phenoxy) is 1. The van der Waals surface area contributed by atoms with E-state index in [4.69, 9.17) is 4.74 Å². The SMILES string of the molecule is COc1ccc(N2CCN(C(=O)c3cc(C)nc(NCC(C)C)n3)CC2)cc1. The standard InChI is InChI=1S/C21H29N5O2/c1-15(2)14-22-21-23-16(3)13-19(24-21)20(27)26-11-9-25(10-12-26)17-5-7-18(28-4)8-6-17/h5-8,13,15H,9-12,14H2,1-4H3,(H,22,23,24). The molecule has 1 aliphatic heterocycles. The van der Waals surface area contributed by atoms with Crippen molar-refractivity contribution in [2.24, 2.45) is 5.92 Å². The van der Waals surface area contributed by atoms with Gasteiger partial charge in [-0.3, -0.25) is 4.79 Å². The van der Waals surface area contributed by atoms with Crippen LogP contribution in [0.1, 0.15) is 30.0 Å². The molecule has 1 aromatic carbocycles. The number of anilines is 2. The first-order valence-corrected chi connectivity index (χ1v) is 9.74. The summed E-state index contributed by atoms with van der Waals surface area (Å²) in [5.41, 5.74) is 2.39. The van der Waals surface area contributed by atoms with Crippen molar-refractivity contribution < 1.29 is 9.53 Å². The molecule has 1 saturated heterocycles. The summed E-state index contributed by atoms with van der Waals surface area (Å²) in [7, 11) is 1.66. The number of hydrogen-bond donors (Lipinski definition) is 1. The Morgan fingerprint density at radius 3 is 2.43 bits per heavy atom. The Kier molecular flexibility index (Phi) is 6.34. The maximum Gasteiger partial charge on any atom is 0.272 e. The van der Waals surface area contributed by atoms with Crippen molar-refractivity contribution in [3.63, 3.8) is 0 Å². The van der Waals surface area contributed by atoms with Gasteiger partial charge in [0.1, 0.15) is 11.4 Å². The Balaban J connectivity index is 1.63. The van der Waals surface area contributed by atoms with Gasteiger partial charge in [0.15, 0.2) is 0 Å². The number of rotatable bonds is 6. The van der Waals surface area contributed by atoms with Gasteiger partial charge in [-0.15, -0.1) is 0 Å². The van der Waals surface area contributed by atoms with Crippen LogP contribution in [0.25, 0.3) is 0 Å². The molecule has 150 valence electrons. The van der Waals surface area contributed by atoms with Gasteiger partial charge in [0.25, 0.3) is 5.91 Å². The molecule has 0 bridgehead atoms. The zero-order valence-corrected chi connectivity index (χ0v) is 17.1. The topological polar surface area (TPSA) is 70.6 Å². The fourth-order valence-electron chi connectivity index (χ4n) is 3.18. The zero-order chi connectivity index (χ0) is 20.1. The van der Waals surface area contributed by atoms with Crippen LogP contribution in [0.4, 0.5) is 11.6 Å². The van der Waals surface area contributed by atoms with E-state index >= 15 is 0 Å². The molecule has 2 aromatic rings. The lowest BCUT2D eigenvalue weighted by molar-refractivity contribution is 0.0740. The van der Waals surface area contributed by atoms with Crippen molar-refractivity contribution in [3.8, 4) is 5.75 Å². The average Bonchev–Trinajstić information content (AvgIpc) is 2.71. The second-order valence-corrected chi connectivity index (χ2v) is 7.47. The molecule has 1 aliphatic rings. The van der Waals surface area contributed by atoms with Gasteiger partial charge in [-0.1, -0.05) is 13.8 Å². The third-order valence-corrected chi connectivity index (χ3v) is 4.75. The molecule has 28 heavy (non-hydrogen) atoms. The van der Waals surface area contributed by atoms with E-state index < -0.39 is 0 Å². The number of carbonyl (C=O) groups excluding carboxylic acids is 1. The highest BCUT2D eigenvalue weighted by molar-refractivity contribution is 5.92. The van der Waals surface area contributed by atoms with E-state index in [0.29, 0.717) is 30.6 Å². The van der Waals surface area contributed by atoms with Gasteiger partial charge in [-0.2, -0.15) is 0 Å². The summed E-state index contributed by atoms with van der Waals surface area (Å²) in [6.45, 7) is 9.83. The van der Waals surface area contributed by atoms with Crippen LogP contribution in [-0.4, -0.2) is 60.6 Å². The Hall–Kier alpha value is -2.83. The third kappa shape index (κ3) is 4.91. The first kappa shape index (κ1) is 19.9. The minimum Gasteiger partial charge on any atom is -0.497 e. The van der Waals surface area contributed by atoms with Gasteiger partial charge < -0.3 is 19.9 Å². The summed E-state index contributed by atoms with van der Waals surface area (Å²) in [6.07, 6.45) is 0. The van der Waals surface area contributed by atoms with Gasteiger partial charge in [0, 0.05) is 44.1 Å². The Labute approximate surface area is 166 Å². The molecule has 1 N–H and O–H groups in total. The van der Waals surface area contributed by atoms with Crippen molar-refractivity contribution in [1.29, 1.82) is 0 Å². The van der Waals surface area contributed by atoms with Crippen molar-refractivity contribution >= 4 is 17.5 Å². The van der Waals surface area contributed by atoms with Crippen LogP contribution in [0.5, 0.6) is 5.75 Å². The molecule has 2 heterocycles. The Bertz CT molecular complexity index is 799. The number of amides is 1. The number of aryl methyl sites for hydroxylation is 1. The molecule has 0 atom stereocenters. The summed E-state index contributed by atoms with van der Waals surface area (Å²) in [4.78, 5) is 25.9. The maximum atomic E-state index is 12.9. The zero-order valence-electron chi connectivity index (χ0n) is 17.1. The van der Waals surface area contributed by atoms with Crippen molar-refractivity contribution in [1.82, 2.24) is 14.9 Å². The Morgan fingerprint density at radius 2 is 1.82 bits per heavy atom. The molecular weight excluding hydrogens is 354 g/mol. The fraction of sp³-hybridized carbons (Fsp3) is 0.476. The van der Waals surface area contributed by atoms with E-state index in [9.17, 15) is 4.79 Å². The second-order valence-electron chi connectivity index (χ2n) is 7.47. The van der Waals surface area contributed by atoms with Crippen LogP contribution in [0.15, 0.2) is 30.3 Å². The molecule has 0 radical (unpaired) electrons. The van der Waals surface area contributed by atoms with Crippen molar-refractivity contribution in [3.05, 3.63) is 41.7 Å². The average molecular weight is 383 g/mol. The van der Waals surface area contributed by atoms with Gasteiger partial charge >= 0.3 is 0 Å². The minimum absolute atomic E-state index is 0.0347. The third-order valence-electron chi connectivity index (χ3n) is 4.75. The highest BCUT2D eigenvalue weighted by Gasteiger charge is 2.24. The smallest absolute Gasteiger partial charge is 0.272 e. The summed E-state index contributed by atoms with van der Waals surface area (Å²) < 4.78 is 5.22. The van der Waals surface area contributed by atoms with Crippen LogP contribution in [0.3, 0.4) is 0 Å². The normalized spacial score (nSPS) is 14.3. The highest BCUT2D eigenvalue weighted by atomic mass is 16.5. The lowest BCUT2D eigenvalue weighted by Crippen LogP contribution is -2.49. The predicted octanol–water partition coefficient (Wildman–Crippen LogP) is 2.82. The number of aromatic nitrogens is 2. The fourth-order valence-corrected chi connectivity index (χ4v) is 3.18. The summed E-state index contributed by atoms with van der Waals surface area (Å²) in [6, 6.07) is 9.79. The lowest BCUT2D eigenvalue weighted by Gasteiger charge is -2.36. The Morgan fingerprint density at radius 1 is 1.14 bits per heavy atom. The van der Waals surface area contributed by atoms with E-state index in [0.717, 1.165) is 36.8 Å². The monoisotopic (exact) mass is 383 g/mol. The van der Waals surface area contributed by atoms with Gasteiger partial charge in [0.05, 0.1) is 7.11 Å². The molecular formula is C21H29N5O2. The number of nitrogens with one attached hydrogen (secondary N) is 1. The summed E-state index contributed by atoms with van der Waals surface area (Å²) in [5, 5.41) is 3.21. The summed E-state index contributed by atoms with van der Waals surface area (Å²) in [5.74, 6) is 1.81. The summed E-state index contributed by atoms with van der Waals surface area (Å²) >= 11 is 0. The van der Waals surface area contributed by atoms with E-state index in [2.05, 4.69) is 46.2 Å². The number of benzene rings is 1. The van der Waals surface area contributed by atoms with Crippen LogP contribution in [-0.2, 0) is 0 Å². The van der Waals surface area contributed by atoms with Crippen molar-refractivity contribution in [2.45, 2.75) is 20.8 Å². The predicted molar refractivity (Wildman–Crippen MR) is 111 cm³/mol. The van der Waals surface area contributed by atoms with Crippen LogP contribution < -0.4 is 15.0 Å². The molecule has 0 aliphatic carbocycles. The first-order valence-electron chi connectivity index (χ1n) is 9.74. The van der Waals surface area contributed by atoms with Crippen LogP contribution in [0.2, 0.25) is 0 Å². The number of methoxy groups -OCH3 is 1. The van der Waals surface area contributed by atoms with E-state index in [-0.39, 0.29) is 5.91 Å². The molecule has 1 amide bonds. The number of piperazine rings is 1. The largest absolute Gasteiger partial charge is 0.497 e. The number of carbonyl (C=O) groups is 1.